The van der Waals surface area contributed by atoms with Crippen LogP contribution in [0.1, 0.15) is 42.7 Å². The van der Waals surface area contributed by atoms with Gasteiger partial charge in [-0.1, -0.05) is 48.5 Å². The molecule has 0 aliphatic heterocycles. The minimum atomic E-state index is -0.481. The van der Waals surface area contributed by atoms with Crippen molar-refractivity contribution in [2.24, 2.45) is 11.8 Å². The van der Waals surface area contributed by atoms with Gasteiger partial charge in [0.15, 0.2) is 0 Å². The summed E-state index contributed by atoms with van der Waals surface area (Å²) in [4.78, 5) is 12.6. The number of nitrogens with one attached hydrogen (secondary N) is 1. The van der Waals surface area contributed by atoms with Crippen LogP contribution in [0.4, 0.5) is 4.79 Å². The van der Waals surface area contributed by atoms with Crippen molar-refractivity contribution in [1.82, 2.24) is 5.32 Å². The quantitative estimate of drug-likeness (QED) is 0.861. The van der Waals surface area contributed by atoms with Crippen LogP contribution in [0.2, 0.25) is 0 Å². The molecule has 27 heavy (non-hydrogen) atoms. The zero-order valence-electron chi connectivity index (χ0n) is 15.4. The molecule has 0 heterocycles. The summed E-state index contributed by atoms with van der Waals surface area (Å²) >= 11 is 0. The molecule has 0 saturated heterocycles. The van der Waals surface area contributed by atoms with Crippen molar-refractivity contribution < 1.29 is 14.6 Å². The Morgan fingerprint density at radius 3 is 2.30 bits per heavy atom. The fraction of sp³-hybridized carbons (Fsp3) is 0.435. The minimum absolute atomic E-state index is 0.00162. The third-order valence-electron chi connectivity index (χ3n) is 6.95. The van der Waals surface area contributed by atoms with Crippen LogP contribution in [0.3, 0.4) is 0 Å². The van der Waals surface area contributed by atoms with Crippen LogP contribution >= 0.6 is 0 Å². The largest absolute Gasteiger partial charge is 0.449 e. The minimum Gasteiger partial charge on any atom is -0.449 e. The fourth-order valence-corrected chi connectivity index (χ4v) is 5.67. The van der Waals surface area contributed by atoms with Crippen LogP contribution < -0.4 is 5.32 Å². The number of carbonyl (C=O) groups is 1. The summed E-state index contributed by atoms with van der Waals surface area (Å²) in [5, 5.41) is 13.0. The lowest BCUT2D eigenvalue weighted by molar-refractivity contribution is 0.0819. The van der Waals surface area contributed by atoms with Gasteiger partial charge in [-0.3, -0.25) is 0 Å². The first kappa shape index (κ1) is 16.8. The van der Waals surface area contributed by atoms with E-state index in [9.17, 15) is 9.90 Å². The molecule has 4 nitrogen and oxygen atoms in total. The van der Waals surface area contributed by atoms with Gasteiger partial charge >= 0.3 is 6.09 Å². The number of amides is 1. The Morgan fingerprint density at radius 1 is 1.07 bits per heavy atom. The van der Waals surface area contributed by atoms with E-state index in [1.165, 1.54) is 28.7 Å². The molecule has 3 aliphatic carbocycles. The number of alkyl carbamates (subject to hydrolysis) is 1. The molecule has 140 valence electrons. The van der Waals surface area contributed by atoms with Crippen LogP contribution in [0.25, 0.3) is 11.1 Å². The molecule has 4 heteroatoms. The molecule has 3 aliphatic rings. The maximum Gasteiger partial charge on any atom is 0.407 e. The predicted molar refractivity (Wildman–Crippen MR) is 103 cm³/mol. The standard InChI is InChI=1S/C23H25NO3/c25-14-23(12-15-9-10-16(23)11-15)24-22(26)27-13-21-19-7-3-1-5-17(19)18-6-2-4-8-20(18)21/h1-8,15-16,21,25H,9-14H2,(H,24,26). The van der Waals surface area contributed by atoms with E-state index in [4.69, 9.17) is 4.74 Å². The van der Waals surface area contributed by atoms with Crippen LogP contribution in [-0.2, 0) is 4.74 Å². The summed E-state index contributed by atoms with van der Waals surface area (Å²) in [6.07, 6.45) is 3.90. The lowest BCUT2D eigenvalue weighted by Gasteiger charge is -2.36. The molecule has 0 radical (unpaired) electrons. The number of carbonyl (C=O) groups excluding carboxylic acids is 1. The molecule has 3 unspecified atom stereocenters. The summed E-state index contributed by atoms with van der Waals surface area (Å²) in [7, 11) is 0. The van der Waals surface area contributed by atoms with E-state index in [1.54, 1.807) is 0 Å². The molecule has 5 rings (SSSR count). The predicted octanol–water partition coefficient (Wildman–Crippen LogP) is 4.08. The highest BCUT2D eigenvalue weighted by Gasteiger charge is 2.51. The first-order valence-corrected chi connectivity index (χ1v) is 9.94. The van der Waals surface area contributed by atoms with E-state index in [1.807, 2.05) is 24.3 Å². The van der Waals surface area contributed by atoms with E-state index in [-0.39, 0.29) is 12.5 Å². The van der Waals surface area contributed by atoms with Gasteiger partial charge in [-0.2, -0.15) is 0 Å². The lowest BCUT2D eigenvalue weighted by Crippen LogP contribution is -2.55. The topological polar surface area (TPSA) is 58.6 Å². The van der Waals surface area contributed by atoms with Gasteiger partial charge in [0, 0.05) is 5.92 Å². The molecular weight excluding hydrogens is 338 g/mol. The molecule has 3 atom stereocenters. The van der Waals surface area contributed by atoms with Crippen molar-refractivity contribution in [3.63, 3.8) is 0 Å². The van der Waals surface area contributed by atoms with Crippen molar-refractivity contribution in [2.45, 2.75) is 37.1 Å². The lowest BCUT2D eigenvalue weighted by atomic mass is 9.81. The van der Waals surface area contributed by atoms with Gasteiger partial charge in [0.2, 0.25) is 0 Å². The van der Waals surface area contributed by atoms with Crippen molar-refractivity contribution in [2.75, 3.05) is 13.2 Å². The summed E-state index contributed by atoms with van der Waals surface area (Å²) in [5.41, 5.74) is 4.39. The molecule has 2 N–H and O–H groups in total. The number of benzene rings is 2. The van der Waals surface area contributed by atoms with E-state index in [0.717, 1.165) is 19.3 Å². The van der Waals surface area contributed by atoms with E-state index in [2.05, 4.69) is 29.6 Å². The first-order valence-electron chi connectivity index (χ1n) is 9.94. The number of rotatable bonds is 4. The van der Waals surface area contributed by atoms with Crippen molar-refractivity contribution in [1.29, 1.82) is 0 Å². The molecule has 2 fully saturated rings. The number of hydrogen-bond donors (Lipinski definition) is 2. The highest BCUT2D eigenvalue weighted by atomic mass is 16.5. The van der Waals surface area contributed by atoms with E-state index >= 15 is 0 Å². The van der Waals surface area contributed by atoms with Crippen LogP contribution in [0.15, 0.2) is 48.5 Å². The van der Waals surface area contributed by atoms with Gasteiger partial charge in [-0.25, -0.2) is 4.79 Å². The normalized spacial score (nSPS) is 28.0. The maximum absolute atomic E-state index is 12.6. The number of ether oxygens (including phenoxy) is 1. The average Bonchev–Trinajstić information content (AvgIpc) is 3.38. The second-order valence-corrected chi connectivity index (χ2v) is 8.34. The maximum atomic E-state index is 12.6. The Morgan fingerprint density at radius 2 is 1.74 bits per heavy atom. The monoisotopic (exact) mass is 363 g/mol. The molecule has 2 bridgehead atoms. The van der Waals surface area contributed by atoms with E-state index < -0.39 is 11.6 Å². The molecule has 2 aromatic carbocycles. The van der Waals surface area contributed by atoms with Gasteiger partial charge in [-0.15, -0.1) is 0 Å². The van der Waals surface area contributed by atoms with Crippen molar-refractivity contribution >= 4 is 6.09 Å². The molecule has 0 spiro atoms. The molecular formula is C23H25NO3. The second kappa shape index (κ2) is 6.38. The van der Waals surface area contributed by atoms with Gasteiger partial charge in [0.05, 0.1) is 12.1 Å². The Labute approximate surface area is 159 Å². The van der Waals surface area contributed by atoms with Crippen molar-refractivity contribution in [3.8, 4) is 11.1 Å². The molecule has 1 amide bonds. The zero-order chi connectivity index (χ0) is 18.4. The Kier molecular flexibility index (Phi) is 3.97. The third kappa shape index (κ3) is 2.66. The molecule has 0 aromatic heterocycles. The van der Waals surface area contributed by atoms with Gasteiger partial charge in [0.25, 0.3) is 0 Å². The summed E-state index contributed by atoms with van der Waals surface area (Å²) in [6, 6.07) is 16.7. The van der Waals surface area contributed by atoms with Crippen LogP contribution in [0, 0.1) is 11.8 Å². The number of hydrogen-bond acceptors (Lipinski definition) is 3. The first-order chi connectivity index (χ1) is 13.2. The highest BCUT2D eigenvalue weighted by molar-refractivity contribution is 5.79. The Bertz CT molecular complexity index is 834. The van der Waals surface area contributed by atoms with Gasteiger partial charge in [0.1, 0.15) is 6.61 Å². The van der Waals surface area contributed by atoms with Crippen LogP contribution in [0.5, 0.6) is 0 Å². The molecule has 2 saturated carbocycles. The number of aliphatic hydroxyl groups excluding tert-OH is 1. The highest BCUT2D eigenvalue weighted by Crippen LogP contribution is 2.50. The third-order valence-corrected chi connectivity index (χ3v) is 6.95. The average molecular weight is 363 g/mol. The smallest absolute Gasteiger partial charge is 0.407 e. The van der Waals surface area contributed by atoms with Gasteiger partial charge < -0.3 is 15.2 Å². The fourth-order valence-electron chi connectivity index (χ4n) is 5.67. The summed E-state index contributed by atoms with van der Waals surface area (Å²) < 4.78 is 5.67. The van der Waals surface area contributed by atoms with Crippen LogP contribution in [-0.4, -0.2) is 30.0 Å². The van der Waals surface area contributed by atoms with Crippen molar-refractivity contribution in [3.05, 3.63) is 59.7 Å². The summed E-state index contributed by atoms with van der Waals surface area (Å²) in [5.74, 6) is 1.08. The Balaban J connectivity index is 1.31. The zero-order valence-corrected chi connectivity index (χ0v) is 15.4. The summed E-state index contributed by atoms with van der Waals surface area (Å²) in [6.45, 7) is 0.313. The molecule has 2 aromatic rings. The SMILES string of the molecule is O=C(NC1(CO)CC2CCC1C2)OCC1c2ccccc2-c2ccccc21. The Hall–Kier alpha value is -2.33. The second-order valence-electron chi connectivity index (χ2n) is 8.34. The van der Waals surface area contributed by atoms with E-state index in [0.29, 0.717) is 18.4 Å². The van der Waals surface area contributed by atoms with Gasteiger partial charge in [-0.05, 0) is 59.8 Å². The number of fused-ring (bicyclic) bond motifs is 5. The number of aliphatic hydroxyl groups is 1.